The van der Waals surface area contributed by atoms with E-state index >= 15 is 0 Å². The van der Waals surface area contributed by atoms with Gasteiger partial charge in [0.25, 0.3) is 0 Å². The number of hydrogen-bond acceptors (Lipinski definition) is 0. The van der Waals surface area contributed by atoms with E-state index in [2.05, 4.69) is 6.58 Å². The van der Waals surface area contributed by atoms with Crippen LogP contribution in [0.1, 0.15) is 0 Å². The van der Waals surface area contributed by atoms with Crippen molar-refractivity contribution < 1.29 is 17.6 Å². The fourth-order valence-corrected chi connectivity index (χ4v) is 0.231. The number of hydrogen-bond donors (Lipinski definition) is 0. The van der Waals surface area contributed by atoms with Gasteiger partial charge in [-0.05, 0) is 0 Å². The fraction of sp³-hybridized carbons (Fsp3) is 0. The molecule has 0 aromatic carbocycles. The van der Waals surface area contributed by atoms with Gasteiger partial charge in [0, 0.05) is 6.08 Å². The molecule has 0 aliphatic rings. The Morgan fingerprint density at radius 1 is 1.20 bits per heavy atom. The molecule has 0 atom stereocenters. The maximum Gasteiger partial charge on any atom is 0.161 e. The van der Waals surface area contributed by atoms with E-state index in [1.165, 1.54) is 0 Å². The molecule has 4 heteroatoms. The molecule has 0 nitrogen and oxygen atoms in total. The molecule has 0 aromatic rings. The third kappa shape index (κ3) is 3.06. The Labute approximate surface area is 55.2 Å². The largest absolute Gasteiger partial charge is 0.212 e. The predicted octanol–water partition coefficient (Wildman–Crippen LogP) is 3.10. The normalized spacial score (nSPS) is 13.6. The van der Waals surface area contributed by atoms with Crippen molar-refractivity contribution in [2.45, 2.75) is 0 Å². The van der Waals surface area contributed by atoms with Crippen LogP contribution in [0, 0.1) is 0 Å². The summed E-state index contributed by atoms with van der Waals surface area (Å²) in [7, 11) is 0. The van der Waals surface area contributed by atoms with Crippen LogP contribution in [0.3, 0.4) is 0 Å². The molecule has 10 heavy (non-hydrogen) atoms. The lowest BCUT2D eigenvalue weighted by atomic mass is 10.4. The Hall–Kier alpha value is -1.06. The van der Waals surface area contributed by atoms with Crippen molar-refractivity contribution in [2.75, 3.05) is 0 Å². The minimum atomic E-state index is -1.52. The van der Waals surface area contributed by atoms with Gasteiger partial charge in [0.15, 0.2) is 17.5 Å². The maximum atomic E-state index is 11.9. The van der Waals surface area contributed by atoms with E-state index in [1.807, 2.05) is 0 Å². The van der Waals surface area contributed by atoms with Gasteiger partial charge >= 0.3 is 0 Å². The summed E-state index contributed by atoms with van der Waals surface area (Å²) in [5.41, 5.74) is 0. The van der Waals surface area contributed by atoms with E-state index in [4.69, 9.17) is 0 Å². The number of allylic oxidation sites excluding steroid dienone is 4. The van der Waals surface area contributed by atoms with Gasteiger partial charge in [0.2, 0.25) is 0 Å². The SMILES string of the molecule is C=C(F)/C(F)=C\C(F)=C\F. The molecule has 0 aliphatic heterocycles. The lowest BCUT2D eigenvalue weighted by Crippen LogP contribution is -1.72. The second-order valence-corrected chi connectivity index (χ2v) is 1.39. The van der Waals surface area contributed by atoms with Gasteiger partial charge in [-0.1, -0.05) is 6.58 Å². The maximum absolute atomic E-state index is 11.9. The molecule has 0 heterocycles. The molecule has 0 amide bonds. The van der Waals surface area contributed by atoms with E-state index in [-0.39, 0.29) is 6.08 Å². The van der Waals surface area contributed by atoms with Crippen LogP contribution < -0.4 is 0 Å². The highest BCUT2D eigenvalue weighted by Crippen LogP contribution is 2.13. The van der Waals surface area contributed by atoms with Gasteiger partial charge in [-0.25, -0.2) is 17.6 Å². The average molecular weight is 152 g/mol. The number of rotatable bonds is 2. The molecular weight excluding hydrogens is 148 g/mol. The van der Waals surface area contributed by atoms with E-state index < -0.39 is 23.8 Å². The van der Waals surface area contributed by atoms with Crippen LogP contribution in [-0.2, 0) is 0 Å². The molecule has 0 aliphatic carbocycles. The summed E-state index contributed by atoms with van der Waals surface area (Å²) >= 11 is 0. The molecule has 0 N–H and O–H groups in total. The highest BCUT2D eigenvalue weighted by atomic mass is 19.2. The van der Waals surface area contributed by atoms with E-state index in [1.54, 1.807) is 0 Å². The molecule has 0 unspecified atom stereocenters. The minimum Gasteiger partial charge on any atom is -0.212 e. The molecule has 0 aromatic heterocycles. The first kappa shape index (κ1) is 8.94. The fourth-order valence-electron chi connectivity index (χ4n) is 0.231. The van der Waals surface area contributed by atoms with Crippen LogP contribution in [0.4, 0.5) is 17.6 Å². The second-order valence-electron chi connectivity index (χ2n) is 1.39. The van der Waals surface area contributed by atoms with Crippen LogP contribution in [-0.4, -0.2) is 0 Å². The summed E-state index contributed by atoms with van der Waals surface area (Å²) in [6.07, 6.45) is -0.426. The standard InChI is InChI=1S/C6H4F4/c1-4(8)6(10)2-5(9)3-7/h2-3H,1H2/b5-3-,6-2+. The third-order valence-electron chi connectivity index (χ3n) is 0.628. The molecule has 0 saturated heterocycles. The summed E-state index contributed by atoms with van der Waals surface area (Å²) < 4.78 is 46.4. The summed E-state index contributed by atoms with van der Waals surface area (Å²) in [5, 5.41) is 0. The van der Waals surface area contributed by atoms with Gasteiger partial charge in [-0.2, -0.15) is 0 Å². The Kier molecular flexibility index (Phi) is 3.46. The van der Waals surface area contributed by atoms with E-state index in [0.717, 1.165) is 0 Å². The van der Waals surface area contributed by atoms with Crippen LogP contribution >= 0.6 is 0 Å². The monoisotopic (exact) mass is 152 g/mol. The van der Waals surface area contributed by atoms with Gasteiger partial charge in [0.05, 0.1) is 0 Å². The zero-order valence-corrected chi connectivity index (χ0v) is 4.87. The van der Waals surface area contributed by atoms with Crippen molar-refractivity contribution in [1.29, 1.82) is 0 Å². The Morgan fingerprint density at radius 3 is 2.00 bits per heavy atom. The molecule has 0 spiro atoms. The lowest BCUT2D eigenvalue weighted by Gasteiger charge is -1.86. The first-order chi connectivity index (χ1) is 4.57. The minimum absolute atomic E-state index is 0.0579. The average Bonchev–Trinajstić information content (AvgIpc) is 1.87. The zero-order chi connectivity index (χ0) is 8.15. The third-order valence-corrected chi connectivity index (χ3v) is 0.628. The van der Waals surface area contributed by atoms with Crippen molar-refractivity contribution in [1.82, 2.24) is 0 Å². The van der Waals surface area contributed by atoms with Crippen molar-refractivity contribution in [3.05, 3.63) is 36.5 Å². The van der Waals surface area contributed by atoms with Crippen LogP contribution in [0.2, 0.25) is 0 Å². The van der Waals surface area contributed by atoms with Crippen LogP contribution in [0.5, 0.6) is 0 Å². The Bertz CT molecular complexity index is 190. The molecular formula is C6H4F4. The smallest absolute Gasteiger partial charge is 0.161 e. The highest BCUT2D eigenvalue weighted by Gasteiger charge is 2.00. The van der Waals surface area contributed by atoms with Crippen LogP contribution in [0.25, 0.3) is 0 Å². The summed E-state index contributed by atoms with van der Waals surface area (Å²) in [6.45, 7) is 2.52. The van der Waals surface area contributed by atoms with Crippen molar-refractivity contribution in [2.24, 2.45) is 0 Å². The van der Waals surface area contributed by atoms with Gasteiger partial charge in [-0.3, -0.25) is 0 Å². The van der Waals surface area contributed by atoms with Gasteiger partial charge in [-0.15, -0.1) is 0 Å². The molecule has 0 radical (unpaired) electrons. The number of halogens is 4. The predicted molar refractivity (Wildman–Crippen MR) is 29.7 cm³/mol. The first-order valence-electron chi connectivity index (χ1n) is 2.25. The lowest BCUT2D eigenvalue weighted by molar-refractivity contribution is 0.536. The van der Waals surface area contributed by atoms with Gasteiger partial charge in [0.1, 0.15) is 6.33 Å². The molecule has 0 fully saturated rings. The quantitative estimate of drug-likeness (QED) is 0.421. The van der Waals surface area contributed by atoms with Gasteiger partial charge < -0.3 is 0 Å². The molecule has 56 valence electrons. The summed E-state index contributed by atoms with van der Waals surface area (Å²) in [6, 6.07) is 0. The Balaban J connectivity index is 4.31. The van der Waals surface area contributed by atoms with E-state index in [0.29, 0.717) is 0 Å². The Morgan fingerprint density at radius 2 is 1.70 bits per heavy atom. The molecule has 0 rings (SSSR count). The highest BCUT2D eigenvalue weighted by molar-refractivity contribution is 5.22. The summed E-state index contributed by atoms with van der Waals surface area (Å²) in [5.74, 6) is -4.44. The first-order valence-corrected chi connectivity index (χ1v) is 2.25. The molecule has 0 saturated carbocycles. The van der Waals surface area contributed by atoms with E-state index in [9.17, 15) is 17.6 Å². The second kappa shape index (κ2) is 3.87. The molecule has 0 bridgehead atoms. The van der Waals surface area contributed by atoms with Crippen LogP contribution in [0.15, 0.2) is 36.5 Å². The van der Waals surface area contributed by atoms with Crippen molar-refractivity contribution in [3.63, 3.8) is 0 Å². The summed E-state index contributed by atoms with van der Waals surface area (Å²) in [4.78, 5) is 0. The van der Waals surface area contributed by atoms with Crippen molar-refractivity contribution >= 4 is 0 Å². The zero-order valence-electron chi connectivity index (χ0n) is 4.87. The topological polar surface area (TPSA) is 0 Å². The van der Waals surface area contributed by atoms with Crippen molar-refractivity contribution in [3.8, 4) is 0 Å².